The zero-order valence-corrected chi connectivity index (χ0v) is 21.7. The fourth-order valence-electron chi connectivity index (χ4n) is 4.51. The lowest BCUT2D eigenvalue weighted by atomic mass is 9.99. The van der Waals surface area contributed by atoms with E-state index in [1.165, 1.54) is 31.5 Å². The molecule has 0 bridgehead atoms. The van der Waals surface area contributed by atoms with Crippen molar-refractivity contribution in [3.8, 4) is 0 Å². The second-order valence-corrected chi connectivity index (χ2v) is 8.84. The first kappa shape index (κ1) is 26.4. The van der Waals surface area contributed by atoms with Crippen LogP contribution in [0, 0.1) is 5.92 Å². The molecule has 2 fully saturated rings. The highest BCUT2D eigenvalue weighted by Crippen LogP contribution is 2.16. The number of nitrogens with zero attached hydrogens (tertiary/aromatic N) is 3. The number of guanidine groups is 1. The second-order valence-electron chi connectivity index (χ2n) is 8.84. The Balaban J connectivity index is 0.00000341. The molecule has 0 aromatic heterocycles. The van der Waals surface area contributed by atoms with E-state index in [1.54, 1.807) is 0 Å². The Labute approximate surface area is 206 Å². The van der Waals surface area contributed by atoms with Gasteiger partial charge in [0.1, 0.15) is 0 Å². The topological polar surface area (TPSA) is 52.1 Å². The highest BCUT2D eigenvalue weighted by Gasteiger charge is 2.20. The van der Waals surface area contributed by atoms with E-state index in [-0.39, 0.29) is 24.0 Å². The predicted molar refractivity (Wildman–Crippen MR) is 140 cm³/mol. The second kappa shape index (κ2) is 15.0. The van der Waals surface area contributed by atoms with Gasteiger partial charge in [0, 0.05) is 52.9 Å². The van der Waals surface area contributed by atoms with Crippen molar-refractivity contribution in [3.05, 3.63) is 35.9 Å². The van der Waals surface area contributed by atoms with Gasteiger partial charge in [-0.05, 0) is 57.2 Å². The lowest BCUT2D eigenvalue weighted by molar-refractivity contribution is 0.00534. The van der Waals surface area contributed by atoms with Gasteiger partial charge in [0.15, 0.2) is 5.96 Å². The van der Waals surface area contributed by atoms with E-state index in [2.05, 4.69) is 62.8 Å². The molecule has 176 valence electrons. The van der Waals surface area contributed by atoms with Crippen LogP contribution in [0.25, 0.3) is 0 Å². The molecule has 0 aliphatic carbocycles. The number of rotatable bonds is 9. The Morgan fingerprint density at radius 2 is 1.87 bits per heavy atom. The van der Waals surface area contributed by atoms with Gasteiger partial charge in [-0.2, -0.15) is 0 Å². The Bertz CT molecular complexity index is 622. The average Bonchev–Trinajstić information content (AvgIpc) is 2.77. The van der Waals surface area contributed by atoms with Gasteiger partial charge in [0.05, 0.1) is 6.10 Å². The molecule has 2 heterocycles. The van der Waals surface area contributed by atoms with E-state index in [1.807, 2.05) is 7.05 Å². The molecule has 3 rings (SSSR count). The van der Waals surface area contributed by atoms with Gasteiger partial charge in [-0.1, -0.05) is 30.3 Å². The van der Waals surface area contributed by atoms with Crippen LogP contribution in [0.3, 0.4) is 0 Å². The van der Waals surface area contributed by atoms with Crippen LogP contribution in [-0.2, 0) is 11.3 Å². The maximum atomic E-state index is 6.13. The minimum absolute atomic E-state index is 0. The van der Waals surface area contributed by atoms with E-state index in [0.717, 1.165) is 70.5 Å². The zero-order valence-electron chi connectivity index (χ0n) is 19.4. The third kappa shape index (κ3) is 10.1. The number of benzene rings is 1. The summed E-state index contributed by atoms with van der Waals surface area (Å²) in [5.41, 5.74) is 1.40. The number of hydrogen-bond donors (Lipinski definition) is 2. The summed E-state index contributed by atoms with van der Waals surface area (Å²) in [5, 5.41) is 6.92. The van der Waals surface area contributed by atoms with Crippen LogP contribution in [0.4, 0.5) is 0 Å². The van der Waals surface area contributed by atoms with Gasteiger partial charge < -0.3 is 20.3 Å². The van der Waals surface area contributed by atoms with Crippen LogP contribution in [0.15, 0.2) is 35.3 Å². The highest BCUT2D eigenvalue weighted by molar-refractivity contribution is 14.0. The monoisotopic (exact) mass is 543 g/mol. The molecule has 1 unspecified atom stereocenters. The summed E-state index contributed by atoms with van der Waals surface area (Å²) >= 11 is 0. The molecular formula is C24H42IN5O. The smallest absolute Gasteiger partial charge is 0.190 e. The van der Waals surface area contributed by atoms with Crippen molar-refractivity contribution in [2.75, 3.05) is 60.0 Å². The molecule has 2 N–H and O–H groups in total. The molecule has 6 nitrogen and oxygen atoms in total. The third-order valence-electron chi connectivity index (χ3n) is 6.25. The summed E-state index contributed by atoms with van der Waals surface area (Å²) < 4.78 is 6.13. The molecule has 2 aliphatic rings. The molecule has 1 aromatic carbocycles. The molecule has 0 amide bonds. The van der Waals surface area contributed by atoms with E-state index in [9.17, 15) is 0 Å². The third-order valence-corrected chi connectivity index (χ3v) is 6.25. The van der Waals surface area contributed by atoms with E-state index in [4.69, 9.17) is 4.74 Å². The summed E-state index contributed by atoms with van der Waals surface area (Å²) in [6.45, 7) is 8.45. The fourth-order valence-corrected chi connectivity index (χ4v) is 4.51. The molecule has 0 spiro atoms. The van der Waals surface area contributed by atoms with Crippen LogP contribution in [0.1, 0.15) is 37.7 Å². The lowest BCUT2D eigenvalue weighted by Crippen LogP contribution is -2.44. The first-order chi connectivity index (χ1) is 14.7. The molecule has 1 atom stereocenters. The number of aliphatic imine (C=N–C) groups is 1. The van der Waals surface area contributed by atoms with Crippen LogP contribution in [0.2, 0.25) is 0 Å². The van der Waals surface area contributed by atoms with Crippen molar-refractivity contribution < 1.29 is 4.74 Å². The average molecular weight is 544 g/mol. The van der Waals surface area contributed by atoms with Gasteiger partial charge >= 0.3 is 0 Å². The van der Waals surface area contributed by atoms with Crippen LogP contribution >= 0.6 is 24.0 Å². The SMILES string of the molecule is CN=C(NCCCOC1CCN(Cc2ccccc2)CC1)NCC1CCCN(C)C1.I. The summed E-state index contributed by atoms with van der Waals surface area (Å²) in [4.78, 5) is 9.32. The molecular weight excluding hydrogens is 501 g/mol. The highest BCUT2D eigenvalue weighted by atomic mass is 127. The Hall–Kier alpha value is -0.900. The van der Waals surface area contributed by atoms with E-state index >= 15 is 0 Å². The largest absolute Gasteiger partial charge is 0.378 e. The Morgan fingerprint density at radius 3 is 2.58 bits per heavy atom. The minimum atomic E-state index is 0. The van der Waals surface area contributed by atoms with Gasteiger partial charge in [-0.3, -0.25) is 9.89 Å². The lowest BCUT2D eigenvalue weighted by Gasteiger charge is -2.32. The van der Waals surface area contributed by atoms with Gasteiger partial charge in [-0.25, -0.2) is 0 Å². The van der Waals surface area contributed by atoms with Crippen molar-refractivity contribution in [2.45, 2.75) is 44.8 Å². The number of halogens is 1. The van der Waals surface area contributed by atoms with Crippen LogP contribution in [0.5, 0.6) is 0 Å². The quantitative estimate of drug-likeness (QED) is 0.217. The maximum Gasteiger partial charge on any atom is 0.190 e. The Morgan fingerprint density at radius 1 is 1.10 bits per heavy atom. The standard InChI is InChI=1S/C24H41N5O.HI/c1-25-24(27-18-22-10-6-14-28(2)19-22)26-13-7-17-30-23-11-15-29(16-12-23)20-21-8-4-3-5-9-21;/h3-5,8-9,22-23H,6-7,10-20H2,1-2H3,(H2,25,26,27);1H. The minimum Gasteiger partial charge on any atom is -0.378 e. The number of likely N-dealkylation sites (tertiary alicyclic amines) is 2. The summed E-state index contributed by atoms with van der Waals surface area (Å²) in [6.07, 6.45) is 6.32. The predicted octanol–water partition coefficient (Wildman–Crippen LogP) is 3.18. The first-order valence-electron chi connectivity index (χ1n) is 11.7. The molecule has 2 aliphatic heterocycles. The summed E-state index contributed by atoms with van der Waals surface area (Å²) in [5.74, 6) is 1.64. The maximum absolute atomic E-state index is 6.13. The normalized spacial score (nSPS) is 21.5. The molecule has 31 heavy (non-hydrogen) atoms. The number of piperidine rings is 2. The molecule has 0 saturated carbocycles. The van der Waals surface area contributed by atoms with Gasteiger partial charge in [0.25, 0.3) is 0 Å². The molecule has 0 radical (unpaired) electrons. The summed E-state index contributed by atoms with van der Waals surface area (Å²) in [6, 6.07) is 10.8. The summed E-state index contributed by atoms with van der Waals surface area (Å²) in [7, 11) is 4.06. The van der Waals surface area contributed by atoms with Crippen molar-refractivity contribution in [1.82, 2.24) is 20.4 Å². The van der Waals surface area contributed by atoms with E-state index in [0.29, 0.717) is 6.10 Å². The first-order valence-corrected chi connectivity index (χ1v) is 11.7. The zero-order chi connectivity index (χ0) is 21.0. The van der Waals surface area contributed by atoms with Crippen molar-refractivity contribution in [2.24, 2.45) is 10.9 Å². The van der Waals surface area contributed by atoms with Crippen LogP contribution < -0.4 is 10.6 Å². The van der Waals surface area contributed by atoms with Gasteiger partial charge in [-0.15, -0.1) is 24.0 Å². The van der Waals surface area contributed by atoms with E-state index < -0.39 is 0 Å². The van der Waals surface area contributed by atoms with Crippen molar-refractivity contribution >= 4 is 29.9 Å². The molecule has 2 saturated heterocycles. The number of ether oxygens (including phenoxy) is 1. The fraction of sp³-hybridized carbons (Fsp3) is 0.708. The number of hydrogen-bond acceptors (Lipinski definition) is 4. The van der Waals surface area contributed by atoms with Crippen molar-refractivity contribution in [1.29, 1.82) is 0 Å². The number of nitrogens with one attached hydrogen (secondary N) is 2. The van der Waals surface area contributed by atoms with Gasteiger partial charge in [0.2, 0.25) is 0 Å². The molecule has 1 aromatic rings. The van der Waals surface area contributed by atoms with Crippen LogP contribution in [-0.4, -0.2) is 81.8 Å². The Kier molecular flexibility index (Phi) is 12.8. The molecule has 7 heteroatoms. The van der Waals surface area contributed by atoms with Crippen molar-refractivity contribution in [3.63, 3.8) is 0 Å².